The second-order valence-electron chi connectivity index (χ2n) is 6.34. The van der Waals surface area contributed by atoms with Crippen molar-refractivity contribution in [2.75, 3.05) is 0 Å². The number of H-pyrrole nitrogens is 1. The van der Waals surface area contributed by atoms with Gasteiger partial charge in [-0.15, -0.1) is 0 Å². The van der Waals surface area contributed by atoms with Gasteiger partial charge < -0.3 is 4.98 Å². The van der Waals surface area contributed by atoms with Crippen LogP contribution >= 0.6 is 23.2 Å². The van der Waals surface area contributed by atoms with Crippen molar-refractivity contribution in [3.05, 3.63) is 62.9 Å². The molecule has 2 aromatic heterocycles. The second kappa shape index (κ2) is 6.63. The van der Waals surface area contributed by atoms with E-state index in [2.05, 4.69) is 9.97 Å². The average Bonchev–Trinajstić information content (AvgIpc) is 2.96. The van der Waals surface area contributed by atoms with Gasteiger partial charge in [0.2, 0.25) is 0 Å². The van der Waals surface area contributed by atoms with E-state index in [0.717, 1.165) is 6.92 Å². The van der Waals surface area contributed by atoms with Crippen molar-refractivity contribution in [1.29, 1.82) is 0 Å². The van der Waals surface area contributed by atoms with Crippen LogP contribution in [0.3, 0.4) is 0 Å². The number of ketones is 1. The molecule has 3 rings (SSSR count). The van der Waals surface area contributed by atoms with Crippen LogP contribution in [0, 0.1) is 0 Å². The minimum Gasteiger partial charge on any atom is -0.357 e. The van der Waals surface area contributed by atoms with E-state index < -0.39 is 5.92 Å². The molecule has 7 heteroatoms. The maximum Gasteiger partial charge on any atom is 0.286 e. The summed E-state index contributed by atoms with van der Waals surface area (Å²) in [6, 6.07) is 7.78. The fourth-order valence-electron chi connectivity index (χ4n) is 2.90. The van der Waals surface area contributed by atoms with Crippen LogP contribution in [0.15, 0.2) is 30.3 Å². The van der Waals surface area contributed by atoms with E-state index in [1.54, 1.807) is 24.3 Å². The Kier molecular flexibility index (Phi) is 4.80. The minimum absolute atomic E-state index is 0.159. The first-order valence-electron chi connectivity index (χ1n) is 7.96. The molecule has 0 aliphatic rings. The highest BCUT2D eigenvalue weighted by molar-refractivity contribution is 6.38. The molecule has 0 saturated heterocycles. The number of hydrogen-bond donors (Lipinski definition) is 1. The van der Waals surface area contributed by atoms with E-state index in [0.29, 0.717) is 37.9 Å². The van der Waals surface area contributed by atoms with E-state index in [4.69, 9.17) is 23.2 Å². The lowest BCUT2D eigenvalue weighted by Crippen LogP contribution is -2.09. The number of benzene rings is 1. The molecule has 2 heterocycles. The first-order chi connectivity index (χ1) is 12.1. The fraction of sp³-hybridized carbons (Fsp3) is 0.263. The summed E-state index contributed by atoms with van der Waals surface area (Å²) in [5, 5.41) is 0.727. The highest BCUT2D eigenvalue weighted by Crippen LogP contribution is 2.38. The topological polar surface area (TPSA) is 45.8 Å². The van der Waals surface area contributed by atoms with E-state index in [1.165, 1.54) is 13.0 Å². The number of carbonyl (C=O) groups is 1. The molecular weight excluding hydrogens is 381 g/mol. The molecule has 0 bridgehead atoms. The zero-order valence-corrected chi connectivity index (χ0v) is 15.8. The SMILES string of the molecule is CC(=O)c1ccc(Cl)c(C(C)c2cc3nc(C(C)(F)F)ccc3[nH]2)c1Cl. The third-order valence-electron chi connectivity index (χ3n) is 4.35. The normalized spacial score (nSPS) is 13.2. The molecule has 0 aliphatic heterocycles. The van der Waals surface area contributed by atoms with Crippen LogP contribution in [0.25, 0.3) is 11.0 Å². The summed E-state index contributed by atoms with van der Waals surface area (Å²) >= 11 is 12.7. The highest BCUT2D eigenvalue weighted by atomic mass is 35.5. The summed E-state index contributed by atoms with van der Waals surface area (Å²) in [5.41, 5.74) is 2.48. The molecule has 1 N–H and O–H groups in total. The van der Waals surface area contributed by atoms with Crippen LogP contribution in [0.4, 0.5) is 8.78 Å². The monoisotopic (exact) mass is 396 g/mol. The van der Waals surface area contributed by atoms with Gasteiger partial charge >= 0.3 is 0 Å². The molecule has 0 aliphatic carbocycles. The quantitative estimate of drug-likeness (QED) is 0.523. The van der Waals surface area contributed by atoms with Crippen LogP contribution in [-0.2, 0) is 5.92 Å². The summed E-state index contributed by atoms with van der Waals surface area (Å²) in [5.74, 6) is -3.46. The Labute approximate surface area is 159 Å². The van der Waals surface area contributed by atoms with Crippen molar-refractivity contribution in [2.45, 2.75) is 32.6 Å². The number of pyridine rings is 1. The first-order valence-corrected chi connectivity index (χ1v) is 8.72. The van der Waals surface area contributed by atoms with Gasteiger partial charge in [0.05, 0.1) is 16.1 Å². The molecule has 0 amide bonds. The molecule has 136 valence electrons. The Morgan fingerprint density at radius 2 is 1.92 bits per heavy atom. The van der Waals surface area contributed by atoms with E-state index in [1.807, 2.05) is 6.92 Å². The summed E-state index contributed by atoms with van der Waals surface area (Å²) < 4.78 is 27.0. The van der Waals surface area contributed by atoms with Crippen molar-refractivity contribution in [1.82, 2.24) is 9.97 Å². The lowest BCUT2D eigenvalue weighted by atomic mass is 9.95. The number of aromatic nitrogens is 2. The number of alkyl halides is 2. The summed E-state index contributed by atoms with van der Waals surface area (Å²) in [7, 11) is 0. The number of Topliss-reactive ketones (excluding diaryl/α,β-unsaturated/α-hetero) is 1. The first kappa shape index (κ1) is 18.8. The van der Waals surface area contributed by atoms with E-state index in [-0.39, 0.29) is 17.4 Å². The van der Waals surface area contributed by atoms with E-state index in [9.17, 15) is 13.6 Å². The molecule has 0 fully saturated rings. The maximum absolute atomic E-state index is 13.5. The number of nitrogens with zero attached hydrogens (tertiary/aromatic N) is 1. The van der Waals surface area contributed by atoms with Gasteiger partial charge in [-0.2, -0.15) is 8.78 Å². The number of halogens is 4. The third kappa shape index (κ3) is 3.33. The zero-order chi connectivity index (χ0) is 19.2. The van der Waals surface area contributed by atoms with Crippen molar-refractivity contribution in [2.24, 2.45) is 0 Å². The molecule has 0 radical (unpaired) electrons. The summed E-state index contributed by atoms with van der Waals surface area (Å²) in [6.45, 7) is 4.12. The highest BCUT2D eigenvalue weighted by Gasteiger charge is 2.27. The van der Waals surface area contributed by atoms with Gasteiger partial charge in [0, 0.05) is 29.1 Å². The number of hydrogen-bond acceptors (Lipinski definition) is 2. The zero-order valence-electron chi connectivity index (χ0n) is 14.3. The third-order valence-corrected chi connectivity index (χ3v) is 5.09. The molecule has 0 spiro atoms. The number of rotatable bonds is 4. The van der Waals surface area contributed by atoms with Crippen LogP contribution in [0.2, 0.25) is 10.0 Å². The van der Waals surface area contributed by atoms with Gasteiger partial charge in [0.15, 0.2) is 5.78 Å². The van der Waals surface area contributed by atoms with Gasteiger partial charge in [-0.25, -0.2) is 4.98 Å². The number of fused-ring (bicyclic) bond motifs is 1. The van der Waals surface area contributed by atoms with Gasteiger partial charge in [-0.3, -0.25) is 4.79 Å². The van der Waals surface area contributed by atoms with Crippen molar-refractivity contribution in [3.8, 4) is 0 Å². The Morgan fingerprint density at radius 3 is 2.54 bits per heavy atom. The Morgan fingerprint density at radius 1 is 1.23 bits per heavy atom. The molecule has 1 unspecified atom stereocenters. The number of carbonyl (C=O) groups excluding carboxylic acids is 1. The Bertz CT molecular complexity index is 1010. The average molecular weight is 397 g/mol. The van der Waals surface area contributed by atoms with Crippen molar-refractivity contribution < 1.29 is 13.6 Å². The lowest BCUT2D eigenvalue weighted by molar-refractivity contribution is 0.0131. The van der Waals surface area contributed by atoms with Crippen LogP contribution in [0.1, 0.15) is 54.0 Å². The summed E-state index contributed by atoms with van der Waals surface area (Å²) in [4.78, 5) is 18.9. The van der Waals surface area contributed by atoms with Crippen molar-refractivity contribution in [3.63, 3.8) is 0 Å². The second-order valence-corrected chi connectivity index (χ2v) is 7.13. The fourth-order valence-corrected chi connectivity index (χ4v) is 3.73. The summed E-state index contributed by atoms with van der Waals surface area (Å²) in [6.07, 6.45) is 0. The van der Waals surface area contributed by atoms with Gasteiger partial charge in [0.1, 0.15) is 5.69 Å². The maximum atomic E-state index is 13.5. The molecule has 1 atom stereocenters. The number of nitrogens with one attached hydrogen (secondary N) is 1. The molecule has 3 aromatic rings. The Hall–Kier alpha value is -1.98. The van der Waals surface area contributed by atoms with Gasteiger partial charge in [-0.1, -0.05) is 30.1 Å². The van der Waals surface area contributed by atoms with Crippen molar-refractivity contribution >= 4 is 40.0 Å². The van der Waals surface area contributed by atoms with Crippen LogP contribution in [-0.4, -0.2) is 15.8 Å². The molecule has 1 aromatic carbocycles. The van der Waals surface area contributed by atoms with E-state index >= 15 is 0 Å². The van der Waals surface area contributed by atoms with Crippen LogP contribution < -0.4 is 0 Å². The molecule has 0 saturated carbocycles. The lowest BCUT2D eigenvalue weighted by Gasteiger charge is -2.16. The minimum atomic E-state index is -3.01. The predicted molar refractivity (Wildman–Crippen MR) is 99.6 cm³/mol. The Balaban J connectivity index is 2.10. The standard InChI is InChI=1S/C19H16Cl2F2N2O/c1-9(17-12(20)5-4-11(10(2)26)18(17)21)14-8-15-13(24-14)6-7-16(25-15)19(3,22)23/h4-9,24H,1-3H3. The smallest absolute Gasteiger partial charge is 0.286 e. The van der Waals surface area contributed by atoms with Gasteiger partial charge in [0.25, 0.3) is 5.92 Å². The van der Waals surface area contributed by atoms with Crippen LogP contribution in [0.5, 0.6) is 0 Å². The predicted octanol–water partition coefficient (Wildman–Crippen LogP) is 6.34. The molecular formula is C19H16Cl2F2N2O. The molecule has 26 heavy (non-hydrogen) atoms. The largest absolute Gasteiger partial charge is 0.357 e. The molecule has 3 nitrogen and oxygen atoms in total. The van der Waals surface area contributed by atoms with Gasteiger partial charge in [-0.05, 0) is 42.8 Å². The number of aromatic amines is 1.